The van der Waals surface area contributed by atoms with E-state index in [0.29, 0.717) is 12.0 Å². The molecule has 2 aromatic rings. The SMILES string of the molecule is COC(=O)[C@H](CCSC)NC(=O)c1ccc(I)cc1-c1ccccc1C. The second kappa shape index (κ2) is 9.97. The van der Waals surface area contributed by atoms with Crippen molar-refractivity contribution in [1.82, 2.24) is 5.32 Å². The Kier molecular flexibility index (Phi) is 7.96. The molecule has 2 aromatic carbocycles. The van der Waals surface area contributed by atoms with Gasteiger partial charge in [0.15, 0.2) is 0 Å². The maximum atomic E-state index is 12.9. The molecule has 138 valence electrons. The van der Waals surface area contributed by atoms with E-state index in [2.05, 4.69) is 27.9 Å². The predicted octanol–water partition coefficient (Wildman–Crippen LogP) is 4.29. The Labute approximate surface area is 172 Å². The number of hydrogen-bond acceptors (Lipinski definition) is 4. The molecule has 0 spiro atoms. The van der Waals surface area contributed by atoms with E-state index in [4.69, 9.17) is 4.74 Å². The topological polar surface area (TPSA) is 55.4 Å². The molecule has 0 fully saturated rings. The molecule has 0 unspecified atom stereocenters. The van der Waals surface area contributed by atoms with E-state index in [1.54, 1.807) is 11.8 Å². The maximum Gasteiger partial charge on any atom is 0.328 e. The Morgan fingerprint density at radius 1 is 1.19 bits per heavy atom. The summed E-state index contributed by atoms with van der Waals surface area (Å²) in [6.07, 6.45) is 2.50. The number of carbonyl (C=O) groups is 2. The van der Waals surface area contributed by atoms with Crippen LogP contribution in [0, 0.1) is 10.5 Å². The molecule has 4 nitrogen and oxygen atoms in total. The van der Waals surface area contributed by atoms with Crippen LogP contribution in [0.25, 0.3) is 11.1 Å². The van der Waals surface area contributed by atoms with Crippen LogP contribution >= 0.6 is 34.4 Å². The molecule has 0 saturated heterocycles. The third-order valence-electron chi connectivity index (χ3n) is 4.06. The molecule has 0 aliphatic carbocycles. The molecule has 0 radical (unpaired) electrons. The molecule has 1 atom stereocenters. The molecule has 0 aromatic heterocycles. The van der Waals surface area contributed by atoms with E-state index < -0.39 is 12.0 Å². The van der Waals surface area contributed by atoms with Crippen molar-refractivity contribution in [2.75, 3.05) is 19.1 Å². The van der Waals surface area contributed by atoms with Crippen molar-refractivity contribution in [1.29, 1.82) is 0 Å². The minimum Gasteiger partial charge on any atom is -0.467 e. The summed E-state index contributed by atoms with van der Waals surface area (Å²) in [4.78, 5) is 24.9. The van der Waals surface area contributed by atoms with Crippen LogP contribution in [0.3, 0.4) is 0 Å². The van der Waals surface area contributed by atoms with Gasteiger partial charge in [-0.25, -0.2) is 4.79 Å². The van der Waals surface area contributed by atoms with Gasteiger partial charge in [-0.2, -0.15) is 11.8 Å². The third-order valence-corrected chi connectivity index (χ3v) is 5.38. The molecule has 1 N–H and O–H groups in total. The number of esters is 1. The van der Waals surface area contributed by atoms with E-state index in [-0.39, 0.29) is 5.91 Å². The Morgan fingerprint density at radius 2 is 1.92 bits per heavy atom. The van der Waals surface area contributed by atoms with Crippen molar-refractivity contribution in [3.63, 3.8) is 0 Å². The zero-order valence-corrected chi connectivity index (χ0v) is 18.0. The Balaban J connectivity index is 2.37. The summed E-state index contributed by atoms with van der Waals surface area (Å²) < 4.78 is 5.88. The molecular formula is C20H22INO3S. The molecule has 0 heterocycles. The molecule has 2 rings (SSSR count). The molecule has 0 saturated carbocycles. The first kappa shape index (κ1) is 20.8. The van der Waals surface area contributed by atoms with Crippen LogP contribution in [0.1, 0.15) is 22.3 Å². The van der Waals surface area contributed by atoms with Crippen molar-refractivity contribution in [2.24, 2.45) is 0 Å². The highest BCUT2D eigenvalue weighted by molar-refractivity contribution is 14.1. The highest BCUT2D eigenvalue weighted by Gasteiger charge is 2.23. The van der Waals surface area contributed by atoms with Crippen LogP contribution < -0.4 is 5.32 Å². The number of nitrogens with one attached hydrogen (secondary N) is 1. The molecule has 1 amide bonds. The minimum atomic E-state index is -0.649. The van der Waals surface area contributed by atoms with Crippen molar-refractivity contribution in [2.45, 2.75) is 19.4 Å². The number of hydrogen-bond donors (Lipinski definition) is 1. The number of ether oxygens (including phenoxy) is 1. The zero-order valence-electron chi connectivity index (χ0n) is 15.0. The van der Waals surface area contributed by atoms with E-state index in [0.717, 1.165) is 26.0 Å². The van der Waals surface area contributed by atoms with Crippen molar-refractivity contribution < 1.29 is 14.3 Å². The van der Waals surface area contributed by atoms with Gasteiger partial charge in [0.2, 0.25) is 0 Å². The fraction of sp³-hybridized carbons (Fsp3) is 0.300. The van der Waals surface area contributed by atoms with Gasteiger partial charge in [-0.1, -0.05) is 24.3 Å². The number of carbonyl (C=O) groups excluding carboxylic acids is 2. The van der Waals surface area contributed by atoms with Gasteiger partial charge in [-0.3, -0.25) is 4.79 Å². The van der Waals surface area contributed by atoms with Gasteiger partial charge in [0, 0.05) is 9.13 Å². The van der Waals surface area contributed by atoms with E-state index >= 15 is 0 Å². The number of benzene rings is 2. The van der Waals surface area contributed by atoms with E-state index in [9.17, 15) is 9.59 Å². The lowest BCUT2D eigenvalue weighted by Gasteiger charge is -2.18. The first-order valence-electron chi connectivity index (χ1n) is 8.21. The number of halogens is 1. The van der Waals surface area contributed by atoms with Gasteiger partial charge >= 0.3 is 5.97 Å². The summed E-state index contributed by atoms with van der Waals surface area (Å²) in [5.74, 6) is 0.0729. The van der Waals surface area contributed by atoms with Crippen LogP contribution in [0.2, 0.25) is 0 Å². The van der Waals surface area contributed by atoms with Crippen molar-refractivity contribution in [3.8, 4) is 11.1 Å². The van der Waals surface area contributed by atoms with Crippen LogP contribution in [0.4, 0.5) is 0 Å². The summed E-state index contributed by atoms with van der Waals surface area (Å²) in [5.41, 5.74) is 3.52. The number of rotatable bonds is 7. The van der Waals surface area contributed by atoms with Gasteiger partial charge in [-0.05, 0) is 82.8 Å². The fourth-order valence-corrected chi connectivity index (χ4v) is 3.64. The molecule has 26 heavy (non-hydrogen) atoms. The summed E-state index contributed by atoms with van der Waals surface area (Å²) >= 11 is 3.86. The Morgan fingerprint density at radius 3 is 2.58 bits per heavy atom. The Hall–Kier alpha value is -1.54. The summed E-state index contributed by atoms with van der Waals surface area (Å²) in [5, 5.41) is 2.84. The summed E-state index contributed by atoms with van der Waals surface area (Å²) in [6, 6.07) is 13.0. The smallest absolute Gasteiger partial charge is 0.328 e. The van der Waals surface area contributed by atoms with E-state index in [1.165, 1.54) is 7.11 Å². The van der Waals surface area contributed by atoms with Gasteiger partial charge < -0.3 is 10.1 Å². The zero-order chi connectivity index (χ0) is 19.1. The number of thioether (sulfide) groups is 1. The predicted molar refractivity (Wildman–Crippen MR) is 116 cm³/mol. The highest BCUT2D eigenvalue weighted by atomic mass is 127. The van der Waals surface area contributed by atoms with Crippen LogP contribution in [-0.2, 0) is 9.53 Å². The average molecular weight is 483 g/mol. The van der Waals surface area contributed by atoms with Crippen molar-refractivity contribution in [3.05, 3.63) is 57.2 Å². The lowest BCUT2D eigenvalue weighted by Crippen LogP contribution is -2.42. The van der Waals surface area contributed by atoms with Gasteiger partial charge in [0.25, 0.3) is 5.91 Å². The number of amides is 1. The standard InChI is InChI=1S/C20H22INO3S/c1-13-6-4-5-7-15(13)17-12-14(21)8-9-16(17)19(23)22-18(10-11-26-3)20(24)25-2/h4-9,12,18H,10-11H2,1-3H3,(H,22,23)/t18-/m0/s1. The molecule has 0 bridgehead atoms. The second-order valence-corrected chi connectivity index (χ2v) is 8.07. The third kappa shape index (κ3) is 5.23. The fourth-order valence-electron chi connectivity index (χ4n) is 2.68. The molecular weight excluding hydrogens is 461 g/mol. The number of methoxy groups -OCH3 is 1. The minimum absolute atomic E-state index is 0.267. The highest BCUT2D eigenvalue weighted by Crippen LogP contribution is 2.28. The molecule has 6 heteroatoms. The van der Waals surface area contributed by atoms with Crippen LogP contribution in [0.15, 0.2) is 42.5 Å². The summed E-state index contributed by atoms with van der Waals surface area (Å²) in [6.45, 7) is 2.02. The van der Waals surface area contributed by atoms with Crippen molar-refractivity contribution >= 4 is 46.2 Å². The van der Waals surface area contributed by atoms with E-state index in [1.807, 2.05) is 55.6 Å². The largest absolute Gasteiger partial charge is 0.467 e. The van der Waals surface area contributed by atoms with Gasteiger partial charge in [-0.15, -0.1) is 0 Å². The van der Waals surface area contributed by atoms with Crippen LogP contribution in [0.5, 0.6) is 0 Å². The van der Waals surface area contributed by atoms with Gasteiger partial charge in [0.05, 0.1) is 7.11 Å². The first-order chi connectivity index (χ1) is 12.5. The lowest BCUT2D eigenvalue weighted by atomic mass is 9.95. The summed E-state index contributed by atoms with van der Waals surface area (Å²) in [7, 11) is 1.34. The lowest BCUT2D eigenvalue weighted by molar-refractivity contribution is -0.142. The van der Waals surface area contributed by atoms with Gasteiger partial charge in [0.1, 0.15) is 6.04 Å². The maximum absolute atomic E-state index is 12.9. The monoisotopic (exact) mass is 483 g/mol. The average Bonchev–Trinajstić information content (AvgIpc) is 2.64. The first-order valence-corrected chi connectivity index (χ1v) is 10.7. The molecule has 0 aliphatic rings. The molecule has 0 aliphatic heterocycles. The normalized spacial score (nSPS) is 11.7. The van der Waals surface area contributed by atoms with Crippen LogP contribution in [-0.4, -0.2) is 37.0 Å². The second-order valence-electron chi connectivity index (χ2n) is 5.84. The number of aryl methyl sites for hydroxylation is 1. The Bertz CT molecular complexity index is 794. The quantitative estimate of drug-likeness (QED) is 0.472.